The van der Waals surface area contributed by atoms with Gasteiger partial charge in [-0.05, 0) is 101 Å². The first kappa shape index (κ1) is 26.7. The summed E-state index contributed by atoms with van der Waals surface area (Å²) in [6, 6.07) is 20.4. The van der Waals surface area contributed by atoms with Crippen LogP contribution >= 0.6 is 34.4 Å². The summed E-state index contributed by atoms with van der Waals surface area (Å²) in [6.45, 7) is 4.18. The first-order valence-electron chi connectivity index (χ1n) is 11.6. The standard InChI is InChI=1S/C28H25IN2O5S/c1-3-35-24-14-20(10-13-23(24)36-17-26(32)30-22-7-5-4-6-18(22)2)15-25-27(33)31(28(34)37-25)16-19-8-11-21(29)12-9-19/h4-15H,3,16-17H2,1-2H3,(H,30,32)/b25-15-. The van der Waals surface area contributed by atoms with E-state index in [1.807, 2.05) is 62.4 Å². The number of aryl methyl sites for hydroxylation is 1. The highest BCUT2D eigenvalue weighted by Gasteiger charge is 2.35. The fourth-order valence-electron chi connectivity index (χ4n) is 3.60. The zero-order valence-electron chi connectivity index (χ0n) is 20.3. The fourth-order valence-corrected chi connectivity index (χ4v) is 4.80. The molecule has 1 heterocycles. The normalized spacial score (nSPS) is 14.2. The topological polar surface area (TPSA) is 84.9 Å². The number of nitrogens with one attached hydrogen (secondary N) is 1. The van der Waals surface area contributed by atoms with Crippen molar-refractivity contribution < 1.29 is 23.9 Å². The molecular weight excluding hydrogens is 603 g/mol. The van der Waals surface area contributed by atoms with Crippen LogP contribution in [0.3, 0.4) is 0 Å². The Morgan fingerprint density at radius 2 is 1.78 bits per heavy atom. The van der Waals surface area contributed by atoms with Crippen molar-refractivity contribution >= 4 is 63.2 Å². The number of rotatable bonds is 9. The summed E-state index contributed by atoms with van der Waals surface area (Å²) in [5, 5.41) is 2.53. The molecule has 37 heavy (non-hydrogen) atoms. The Bertz CT molecular complexity index is 1360. The zero-order valence-corrected chi connectivity index (χ0v) is 23.3. The van der Waals surface area contributed by atoms with E-state index in [0.29, 0.717) is 28.6 Å². The third kappa shape index (κ3) is 6.92. The number of imide groups is 1. The number of halogens is 1. The molecule has 1 saturated heterocycles. The quantitative estimate of drug-likeness (QED) is 0.223. The molecule has 0 aliphatic carbocycles. The number of carbonyl (C=O) groups excluding carboxylic acids is 3. The molecule has 9 heteroatoms. The summed E-state index contributed by atoms with van der Waals surface area (Å²) < 4.78 is 12.5. The van der Waals surface area contributed by atoms with Gasteiger partial charge in [-0.3, -0.25) is 19.3 Å². The van der Waals surface area contributed by atoms with Crippen LogP contribution in [0.1, 0.15) is 23.6 Å². The van der Waals surface area contributed by atoms with Crippen LogP contribution in [0.4, 0.5) is 10.5 Å². The number of benzene rings is 3. The van der Waals surface area contributed by atoms with Crippen LogP contribution in [-0.4, -0.2) is 35.2 Å². The summed E-state index contributed by atoms with van der Waals surface area (Å²) in [5.41, 5.74) is 3.25. The SMILES string of the molecule is CCOc1cc(/C=C2\SC(=O)N(Cc3ccc(I)cc3)C2=O)ccc1OCC(=O)Nc1ccccc1C. The second-order valence-electron chi connectivity index (χ2n) is 8.19. The van der Waals surface area contributed by atoms with Crippen molar-refractivity contribution in [2.75, 3.05) is 18.5 Å². The smallest absolute Gasteiger partial charge is 0.293 e. The van der Waals surface area contributed by atoms with Gasteiger partial charge in [0.05, 0.1) is 18.1 Å². The number of nitrogens with zero attached hydrogens (tertiary/aromatic N) is 1. The first-order chi connectivity index (χ1) is 17.8. The molecule has 1 N–H and O–H groups in total. The number of hydrogen-bond donors (Lipinski definition) is 1. The number of ether oxygens (including phenoxy) is 2. The fraction of sp³-hybridized carbons (Fsp3) is 0.179. The van der Waals surface area contributed by atoms with E-state index < -0.39 is 0 Å². The average Bonchev–Trinajstić information content (AvgIpc) is 3.13. The van der Waals surface area contributed by atoms with Crippen molar-refractivity contribution in [3.05, 3.63) is 91.9 Å². The number of amides is 3. The van der Waals surface area contributed by atoms with Crippen LogP contribution in [0, 0.1) is 10.5 Å². The molecule has 4 rings (SSSR count). The molecule has 0 unspecified atom stereocenters. The van der Waals surface area contributed by atoms with Crippen LogP contribution in [0.15, 0.2) is 71.6 Å². The number of para-hydroxylation sites is 1. The van der Waals surface area contributed by atoms with Crippen LogP contribution in [-0.2, 0) is 16.1 Å². The highest BCUT2D eigenvalue weighted by molar-refractivity contribution is 14.1. The Morgan fingerprint density at radius 3 is 2.51 bits per heavy atom. The lowest BCUT2D eigenvalue weighted by molar-refractivity contribution is -0.123. The Morgan fingerprint density at radius 1 is 1.03 bits per heavy atom. The molecule has 3 aromatic rings. The Balaban J connectivity index is 1.44. The van der Waals surface area contributed by atoms with E-state index in [0.717, 1.165) is 32.1 Å². The molecule has 3 aromatic carbocycles. The van der Waals surface area contributed by atoms with Crippen molar-refractivity contribution in [3.63, 3.8) is 0 Å². The van der Waals surface area contributed by atoms with Crippen molar-refractivity contribution in [1.29, 1.82) is 0 Å². The molecule has 0 radical (unpaired) electrons. The summed E-state index contributed by atoms with van der Waals surface area (Å²) >= 11 is 3.12. The minimum absolute atomic E-state index is 0.189. The monoisotopic (exact) mass is 628 g/mol. The van der Waals surface area contributed by atoms with E-state index in [4.69, 9.17) is 9.47 Å². The lowest BCUT2D eigenvalue weighted by Crippen LogP contribution is -2.27. The van der Waals surface area contributed by atoms with Crippen molar-refractivity contribution in [2.45, 2.75) is 20.4 Å². The van der Waals surface area contributed by atoms with Gasteiger partial charge >= 0.3 is 0 Å². The first-order valence-corrected chi connectivity index (χ1v) is 13.5. The van der Waals surface area contributed by atoms with Gasteiger partial charge in [0.2, 0.25) is 0 Å². The Hall–Kier alpha value is -3.31. The number of hydrogen-bond acceptors (Lipinski definition) is 6. The minimum Gasteiger partial charge on any atom is -0.490 e. The lowest BCUT2D eigenvalue weighted by Gasteiger charge is -2.13. The van der Waals surface area contributed by atoms with Crippen LogP contribution < -0.4 is 14.8 Å². The molecule has 1 aliphatic heterocycles. The molecule has 0 atom stereocenters. The molecule has 0 bridgehead atoms. The van der Waals surface area contributed by atoms with E-state index in [1.165, 1.54) is 4.90 Å². The van der Waals surface area contributed by atoms with Crippen molar-refractivity contribution in [2.24, 2.45) is 0 Å². The van der Waals surface area contributed by atoms with Gasteiger partial charge in [-0.15, -0.1) is 0 Å². The summed E-state index contributed by atoms with van der Waals surface area (Å²) in [7, 11) is 0. The molecule has 3 amide bonds. The molecule has 0 saturated carbocycles. The molecule has 1 fully saturated rings. The summed E-state index contributed by atoms with van der Waals surface area (Å²) in [6.07, 6.45) is 1.66. The van der Waals surface area contributed by atoms with Crippen LogP contribution in [0.5, 0.6) is 11.5 Å². The lowest BCUT2D eigenvalue weighted by atomic mass is 10.1. The highest BCUT2D eigenvalue weighted by atomic mass is 127. The van der Waals surface area contributed by atoms with Crippen LogP contribution in [0.25, 0.3) is 6.08 Å². The van der Waals surface area contributed by atoms with Gasteiger partial charge in [0.1, 0.15) is 0 Å². The molecule has 7 nitrogen and oxygen atoms in total. The predicted molar refractivity (Wildman–Crippen MR) is 154 cm³/mol. The van der Waals surface area contributed by atoms with E-state index in [9.17, 15) is 14.4 Å². The molecule has 0 aromatic heterocycles. The zero-order chi connectivity index (χ0) is 26.4. The molecule has 1 aliphatic rings. The predicted octanol–water partition coefficient (Wildman–Crippen LogP) is 6.25. The van der Waals surface area contributed by atoms with Gasteiger partial charge in [0, 0.05) is 9.26 Å². The highest BCUT2D eigenvalue weighted by Crippen LogP contribution is 2.35. The second-order valence-corrected chi connectivity index (χ2v) is 10.4. The summed E-state index contributed by atoms with van der Waals surface area (Å²) in [4.78, 5) is 39.4. The Labute approximate surface area is 233 Å². The van der Waals surface area contributed by atoms with Gasteiger partial charge in [-0.1, -0.05) is 36.4 Å². The maximum atomic E-state index is 12.9. The Kier molecular flexibility index (Phi) is 8.88. The second kappa shape index (κ2) is 12.3. The van der Waals surface area contributed by atoms with Crippen LogP contribution in [0.2, 0.25) is 0 Å². The minimum atomic E-state index is -0.334. The van der Waals surface area contributed by atoms with E-state index in [1.54, 1.807) is 24.3 Å². The van der Waals surface area contributed by atoms with E-state index >= 15 is 0 Å². The number of thioether (sulfide) groups is 1. The van der Waals surface area contributed by atoms with Gasteiger partial charge in [0.25, 0.3) is 17.1 Å². The van der Waals surface area contributed by atoms with Gasteiger partial charge in [-0.2, -0.15) is 0 Å². The van der Waals surface area contributed by atoms with Crippen molar-refractivity contribution in [1.82, 2.24) is 4.90 Å². The largest absolute Gasteiger partial charge is 0.490 e. The van der Waals surface area contributed by atoms with Crippen molar-refractivity contribution in [3.8, 4) is 11.5 Å². The average molecular weight is 628 g/mol. The molecule has 0 spiro atoms. The maximum Gasteiger partial charge on any atom is 0.293 e. The van der Waals surface area contributed by atoms with E-state index in [-0.39, 0.29) is 30.2 Å². The number of carbonyl (C=O) groups is 3. The number of anilines is 1. The van der Waals surface area contributed by atoms with Gasteiger partial charge in [-0.25, -0.2) is 0 Å². The van der Waals surface area contributed by atoms with Gasteiger partial charge in [0.15, 0.2) is 18.1 Å². The summed E-state index contributed by atoms with van der Waals surface area (Å²) in [5.74, 6) is 0.228. The molecule has 190 valence electrons. The molecular formula is C28H25IN2O5S. The third-order valence-corrected chi connectivity index (χ3v) is 7.10. The maximum absolute atomic E-state index is 12.9. The third-order valence-electron chi connectivity index (χ3n) is 5.47. The van der Waals surface area contributed by atoms with E-state index in [2.05, 4.69) is 27.9 Å². The van der Waals surface area contributed by atoms with Gasteiger partial charge < -0.3 is 14.8 Å².